The highest BCUT2D eigenvalue weighted by atomic mass is 16.5. The van der Waals surface area contributed by atoms with Crippen molar-refractivity contribution in [1.82, 2.24) is 5.32 Å². The van der Waals surface area contributed by atoms with Crippen LogP contribution in [0.2, 0.25) is 0 Å². The number of nitrogens with one attached hydrogen (secondary N) is 1. The monoisotopic (exact) mass is 946 g/mol. The van der Waals surface area contributed by atoms with Crippen molar-refractivity contribution in [1.29, 1.82) is 0 Å². The fraction of sp³-hybridized carbons (Fsp3) is 0.934. The first-order valence-electron chi connectivity index (χ1n) is 30.5. The number of allylic oxidation sites excluding steroid dienone is 1. The Bertz CT molecular complexity index is 1000. The van der Waals surface area contributed by atoms with Crippen LogP contribution in [0.3, 0.4) is 0 Å². The molecule has 0 aliphatic rings. The van der Waals surface area contributed by atoms with E-state index in [1.54, 1.807) is 6.08 Å². The van der Waals surface area contributed by atoms with E-state index in [0.717, 1.165) is 38.5 Å². The zero-order chi connectivity index (χ0) is 48.6. The Kier molecular flexibility index (Phi) is 56.0. The third-order valence-electron chi connectivity index (χ3n) is 14.3. The molecular weight excluding hydrogens is 827 g/mol. The Hall–Kier alpha value is -1.40. The second kappa shape index (κ2) is 57.2. The molecule has 0 bridgehead atoms. The van der Waals surface area contributed by atoms with Gasteiger partial charge in [0.15, 0.2) is 0 Å². The lowest BCUT2D eigenvalue weighted by molar-refractivity contribution is -0.143. The number of carbonyl (C=O) groups is 2. The van der Waals surface area contributed by atoms with Crippen LogP contribution in [0.15, 0.2) is 12.2 Å². The minimum absolute atomic E-state index is 0.0103. The molecule has 0 aromatic rings. The van der Waals surface area contributed by atoms with Crippen molar-refractivity contribution in [2.75, 3.05) is 13.2 Å². The molecule has 398 valence electrons. The first kappa shape index (κ1) is 65.6. The zero-order valence-electron chi connectivity index (χ0n) is 45.4. The van der Waals surface area contributed by atoms with Crippen molar-refractivity contribution in [3.63, 3.8) is 0 Å². The molecule has 0 aliphatic heterocycles. The first-order chi connectivity index (χ1) is 33.0. The van der Waals surface area contributed by atoms with E-state index >= 15 is 0 Å². The molecule has 2 atom stereocenters. The molecule has 0 aromatic carbocycles. The van der Waals surface area contributed by atoms with E-state index in [4.69, 9.17) is 4.74 Å². The van der Waals surface area contributed by atoms with Gasteiger partial charge in [0.05, 0.1) is 25.4 Å². The van der Waals surface area contributed by atoms with Crippen molar-refractivity contribution in [2.45, 2.75) is 353 Å². The summed E-state index contributed by atoms with van der Waals surface area (Å²) in [6.07, 6.45) is 68.1. The Morgan fingerprint density at radius 3 is 1.01 bits per heavy atom. The molecule has 6 heteroatoms. The number of esters is 1. The predicted octanol–water partition coefficient (Wildman–Crippen LogP) is 18.9. The van der Waals surface area contributed by atoms with Crippen LogP contribution in [-0.4, -0.2) is 47.4 Å². The Labute approximate surface area is 419 Å². The van der Waals surface area contributed by atoms with Gasteiger partial charge in [-0.1, -0.05) is 309 Å². The number of rotatable bonds is 57. The van der Waals surface area contributed by atoms with Gasteiger partial charge in [-0.3, -0.25) is 9.59 Å². The van der Waals surface area contributed by atoms with Gasteiger partial charge in [-0.2, -0.15) is 0 Å². The molecule has 2 unspecified atom stereocenters. The second-order valence-electron chi connectivity index (χ2n) is 21.0. The number of unbranched alkanes of at least 4 members (excludes halogenated alkanes) is 46. The molecular formula is C61H119NO5. The maximum absolute atomic E-state index is 12.5. The SMILES string of the molecule is CCCCCCCCCCCCCCCCCCC/C=C/C(O)C(CO)NC(=O)CCCCCCCCCCCCCCCCCCCCCCOC(=O)CCCCCCCCCCCCC. The minimum Gasteiger partial charge on any atom is -0.466 e. The lowest BCUT2D eigenvalue weighted by atomic mass is 10.0. The van der Waals surface area contributed by atoms with E-state index in [1.165, 1.54) is 276 Å². The summed E-state index contributed by atoms with van der Waals surface area (Å²) in [5.41, 5.74) is 0. The van der Waals surface area contributed by atoms with Gasteiger partial charge in [0.2, 0.25) is 5.91 Å². The Balaban J connectivity index is 3.42. The molecule has 0 saturated carbocycles. The van der Waals surface area contributed by atoms with Gasteiger partial charge in [0, 0.05) is 12.8 Å². The number of aliphatic hydroxyl groups is 2. The highest BCUT2D eigenvalue weighted by molar-refractivity contribution is 5.76. The van der Waals surface area contributed by atoms with Crippen molar-refractivity contribution >= 4 is 11.9 Å². The van der Waals surface area contributed by atoms with Crippen LogP contribution in [0, 0.1) is 0 Å². The number of hydrogen-bond acceptors (Lipinski definition) is 5. The quantitative estimate of drug-likeness (QED) is 0.0321. The summed E-state index contributed by atoms with van der Waals surface area (Å²) in [4.78, 5) is 24.5. The van der Waals surface area contributed by atoms with Crippen molar-refractivity contribution in [3.8, 4) is 0 Å². The molecule has 67 heavy (non-hydrogen) atoms. The topological polar surface area (TPSA) is 95.9 Å². The highest BCUT2D eigenvalue weighted by Gasteiger charge is 2.18. The number of aliphatic hydroxyl groups excluding tert-OH is 2. The van der Waals surface area contributed by atoms with Crippen LogP contribution >= 0.6 is 0 Å². The fourth-order valence-corrected chi connectivity index (χ4v) is 9.64. The van der Waals surface area contributed by atoms with Gasteiger partial charge >= 0.3 is 5.97 Å². The van der Waals surface area contributed by atoms with E-state index in [9.17, 15) is 19.8 Å². The van der Waals surface area contributed by atoms with Gasteiger partial charge in [-0.15, -0.1) is 0 Å². The van der Waals surface area contributed by atoms with E-state index in [0.29, 0.717) is 19.4 Å². The van der Waals surface area contributed by atoms with Gasteiger partial charge < -0.3 is 20.3 Å². The van der Waals surface area contributed by atoms with Crippen molar-refractivity contribution < 1.29 is 24.5 Å². The molecule has 0 spiro atoms. The molecule has 0 radical (unpaired) electrons. The van der Waals surface area contributed by atoms with Gasteiger partial charge in [0.1, 0.15) is 0 Å². The second-order valence-corrected chi connectivity index (χ2v) is 21.0. The van der Waals surface area contributed by atoms with Gasteiger partial charge in [0.25, 0.3) is 0 Å². The largest absolute Gasteiger partial charge is 0.466 e. The molecule has 0 heterocycles. The molecule has 1 amide bonds. The van der Waals surface area contributed by atoms with Gasteiger partial charge in [-0.05, 0) is 32.1 Å². The Morgan fingerprint density at radius 2 is 0.687 bits per heavy atom. The van der Waals surface area contributed by atoms with Crippen LogP contribution in [0.1, 0.15) is 341 Å². The van der Waals surface area contributed by atoms with E-state index < -0.39 is 12.1 Å². The van der Waals surface area contributed by atoms with Crippen molar-refractivity contribution in [3.05, 3.63) is 12.2 Å². The van der Waals surface area contributed by atoms with E-state index in [2.05, 4.69) is 19.2 Å². The average molecular weight is 947 g/mol. The lowest BCUT2D eigenvalue weighted by Crippen LogP contribution is -2.45. The summed E-state index contributed by atoms with van der Waals surface area (Å²) in [6, 6.07) is -0.629. The third kappa shape index (κ3) is 53.8. The number of ether oxygens (including phenoxy) is 1. The van der Waals surface area contributed by atoms with E-state index in [1.807, 2.05) is 6.08 Å². The number of carbonyl (C=O) groups excluding carboxylic acids is 2. The van der Waals surface area contributed by atoms with Crippen molar-refractivity contribution in [2.24, 2.45) is 0 Å². The maximum Gasteiger partial charge on any atom is 0.305 e. The van der Waals surface area contributed by atoms with Crippen LogP contribution in [0.4, 0.5) is 0 Å². The number of amides is 1. The summed E-state index contributed by atoms with van der Waals surface area (Å²) in [7, 11) is 0. The summed E-state index contributed by atoms with van der Waals surface area (Å²) in [5.74, 6) is -0.0563. The average Bonchev–Trinajstić information content (AvgIpc) is 3.33. The van der Waals surface area contributed by atoms with Crippen LogP contribution in [-0.2, 0) is 14.3 Å². The molecule has 0 aliphatic carbocycles. The summed E-state index contributed by atoms with van der Waals surface area (Å²) < 4.78 is 5.46. The molecule has 0 rings (SSSR count). The molecule has 0 fully saturated rings. The predicted molar refractivity (Wildman–Crippen MR) is 292 cm³/mol. The zero-order valence-corrected chi connectivity index (χ0v) is 45.4. The lowest BCUT2D eigenvalue weighted by Gasteiger charge is -2.20. The summed E-state index contributed by atoms with van der Waals surface area (Å²) in [5, 5.41) is 23.2. The first-order valence-corrected chi connectivity index (χ1v) is 30.5. The van der Waals surface area contributed by atoms with Crippen LogP contribution in [0.5, 0.6) is 0 Å². The maximum atomic E-state index is 12.5. The van der Waals surface area contributed by atoms with E-state index in [-0.39, 0.29) is 18.5 Å². The fourth-order valence-electron chi connectivity index (χ4n) is 9.64. The summed E-state index contributed by atoms with van der Waals surface area (Å²) >= 11 is 0. The highest BCUT2D eigenvalue weighted by Crippen LogP contribution is 2.18. The Morgan fingerprint density at radius 1 is 0.403 bits per heavy atom. The standard InChI is InChI=1S/C61H119NO5/c1-3-5-7-9-11-13-15-16-17-18-21-24-27-30-34-37-41-45-49-53-59(64)58(57-63)62-60(65)54-50-46-42-38-35-31-28-25-22-19-20-23-26-29-32-36-40-44-48-52-56-67-61(66)55-51-47-43-39-33-14-12-10-8-6-4-2/h49,53,58-59,63-64H,3-48,50-52,54-57H2,1-2H3,(H,62,65)/b53-49+. The minimum atomic E-state index is -0.845. The normalized spacial score (nSPS) is 12.6. The third-order valence-corrected chi connectivity index (χ3v) is 14.3. The molecule has 0 aromatic heterocycles. The summed E-state index contributed by atoms with van der Waals surface area (Å²) in [6.45, 7) is 4.92. The number of hydrogen-bond donors (Lipinski definition) is 3. The molecule has 0 saturated heterocycles. The molecule has 3 N–H and O–H groups in total. The van der Waals surface area contributed by atoms with Gasteiger partial charge in [-0.25, -0.2) is 0 Å². The molecule has 6 nitrogen and oxygen atoms in total. The van der Waals surface area contributed by atoms with Crippen LogP contribution < -0.4 is 5.32 Å². The van der Waals surface area contributed by atoms with Crippen LogP contribution in [0.25, 0.3) is 0 Å². The smallest absolute Gasteiger partial charge is 0.305 e.